The van der Waals surface area contributed by atoms with E-state index < -0.39 is 11.1 Å². The summed E-state index contributed by atoms with van der Waals surface area (Å²) in [6, 6.07) is 24.1. The molecule has 57 heavy (non-hydrogen) atoms. The van der Waals surface area contributed by atoms with E-state index in [1.165, 1.54) is 16.8 Å². The maximum atomic E-state index is 13.3. The number of hydrogen-bond acceptors (Lipinski definition) is 10. The van der Waals surface area contributed by atoms with Crippen molar-refractivity contribution in [1.82, 2.24) is 51.0 Å². The van der Waals surface area contributed by atoms with Gasteiger partial charge in [-0.3, -0.25) is 9.59 Å². The van der Waals surface area contributed by atoms with E-state index in [1.54, 1.807) is 87.8 Å². The maximum absolute atomic E-state index is 13.3. The molecule has 0 spiro atoms. The van der Waals surface area contributed by atoms with Crippen LogP contribution in [0.2, 0.25) is 5.02 Å². The molecule has 2 aromatic heterocycles. The second kappa shape index (κ2) is 17.1. The minimum Gasteiger partial charge on any atom is -0.394 e. The van der Waals surface area contributed by atoms with Gasteiger partial charge in [-0.05, 0) is 138 Å². The van der Waals surface area contributed by atoms with Crippen LogP contribution in [0.1, 0.15) is 80.8 Å². The maximum Gasteiger partial charge on any atom is 0.251 e. The van der Waals surface area contributed by atoms with Crippen molar-refractivity contribution in [3.63, 3.8) is 0 Å². The first-order valence-corrected chi connectivity index (χ1v) is 18.4. The van der Waals surface area contributed by atoms with E-state index in [9.17, 15) is 24.2 Å². The molecule has 0 saturated heterocycles. The van der Waals surface area contributed by atoms with Gasteiger partial charge in [0.25, 0.3) is 11.8 Å². The zero-order valence-electron chi connectivity index (χ0n) is 33.0. The van der Waals surface area contributed by atoms with Gasteiger partial charge >= 0.3 is 0 Å². The van der Waals surface area contributed by atoms with Crippen molar-refractivity contribution in [2.24, 2.45) is 0 Å². The molecule has 0 radical (unpaired) electrons. The first-order chi connectivity index (χ1) is 26.8. The van der Waals surface area contributed by atoms with Gasteiger partial charge in [0.15, 0.2) is 11.6 Å². The number of aliphatic hydroxyl groups excluding tert-OH is 2. The highest BCUT2D eigenvalue weighted by Gasteiger charge is 2.26. The summed E-state index contributed by atoms with van der Waals surface area (Å²) in [4.78, 5) is 25.7. The molecule has 0 fully saturated rings. The minimum absolute atomic E-state index is 0.177. The molecule has 0 aliphatic rings. The number of aromatic nitrogens is 8. The van der Waals surface area contributed by atoms with Gasteiger partial charge in [0, 0.05) is 21.6 Å². The van der Waals surface area contributed by atoms with E-state index in [0.717, 1.165) is 16.7 Å². The zero-order valence-corrected chi connectivity index (χ0v) is 33.8. The smallest absolute Gasteiger partial charge is 0.251 e. The summed E-state index contributed by atoms with van der Waals surface area (Å²) < 4.78 is 16.4. The Balaban J connectivity index is 0.000000219. The Kier molecular flexibility index (Phi) is 12.7. The normalized spacial score (nSPS) is 11.8. The molecule has 0 saturated carbocycles. The lowest BCUT2D eigenvalue weighted by molar-refractivity contribution is 0.0861. The third-order valence-corrected chi connectivity index (χ3v) is 8.92. The summed E-state index contributed by atoms with van der Waals surface area (Å²) in [6.45, 7) is 14.4. The first kappa shape index (κ1) is 42.2. The Morgan fingerprint density at radius 1 is 0.649 bits per heavy atom. The van der Waals surface area contributed by atoms with E-state index in [2.05, 4.69) is 41.7 Å². The number of rotatable bonds is 10. The average molecular weight is 797 g/mol. The Labute approximate surface area is 335 Å². The third-order valence-electron chi connectivity index (χ3n) is 8.66. The van der Waals surface area contributed by atoms with Crippen molar-refractivity contribution < 1.29 is 24.2 Å². The molecule has 4 N–H and O–H groups in total. The van der Waals surface area contributed by atoms with E-state index in [1.807, 2.05) is 45.0 Å². The highest BCUT2D eigenvalue weighted by Crippen LogP contribution is 2.29. The lowest BCUT2D eigenvalue weighted by atomic mass is 9.95. The summed E-state index contributed by atoms with van der Waals surface area (Å²) in [7, 11) is 0. The number of nitrogens with zero attached hydrogens (tertiary/aromatic N) is 8. The van der Waals surface area contributed by atoms with Crippen LogP contribution in [0, 0.1) is 12.7 Å². The Bertz CT molecular complexity index is 2350. The molecule has 6 rings (SSSR count). The topological polar surface area (TPSA) is 186 Å². The van der Waals surface area contributed by atoms with Crippen molar-refractivity contribution in [2.45, 2.75) is 71.9 Å². The molecule has 2 amide bonds. The summed E-state index contributed by atoms with van der Waals surface area (Å²) >= 11 is 6.03. The van der Waals surface area contributed by atoms with E-state index >= 15 is 0 Å². The number of nitrogens with one attached hydrogen (secondary N) is 2. The Hall–Kier alpha value is -5.90. The van der Waals surface area contributed by atoms with Crippen molar-refractivity contribution in [3.05, 3.63) is 119 Å². The van der Waals surface area contributed by atoms with Crippen LogP contribution in [0.15, 0.2) is 84.9 Å². The van der Waals surface area contributed by atoms with Crippen LogP contribution < -0.4 is 10.6 Å². The number of amides is 2. The molecule has 6 aromatic rings. The molecule has 16 heteroatoms. The zero-order chi connectivity index (χ0) is 41.7. The summed E-state index contributed by atoms with van der Waals surface area (Å²) in [5, 5.41) is 48.8. The lowest BCUT2D eigenvalue weighted by Crippen LogP contribution is -2.46. The molecule has 0 unspecified atom stereocenters. The van der Waals surface area contributed by atoms with Crippen LogP contribution in [0.3, 0.4) is 0 Å². The van der Waals surface area contributed by atoms with Gasteiger partial charge < -0.3 is 20.8 Å². The molecule has 0 bridgehead atoms. The van der Waals surface area contributed by atoms with Gasteiger partial charge in [-0.2, -0.15) is 9.36 Å². The quantitative estimate of drug-likeness (QED) is 0.127. The summed E-state index contributed by atoms with van der Waals surface area (Å²) in [6.07, 6.45) is 0. The Morgan fingerprint density at radius 3 is 1.53 bits per heavy atom. The van der Waals surface area contributed by atoms with Crippen LogP contribution in [-0.2, 0) is 5.41 Å². The lowest BCUT2D eigenvalue weighted by Gasteiger charge is -2.24. The molecule has 0 aliphatic heterocycles. The number of aliphatic hydroxyl groups is 2. The van der Waals surface area contributed by atoms with Gasteiger partial charge in [0.1, 0.15) is 5.82 Å². The number of aryl methyl sites for hydroxylation is 1. The second-order valence-electron chi connectivity index (χ2n) is 15.8. The van der Waals surface area contributed by atoms with Crippen molar-refractivity contribution in [2.75, 3.05) is 13.2 Å². The largest absolute Gasteiger partial charge is 0.394 e. The monoisotopic (exact) mass is 796 g/mol. The van der Waals surface area contributed by atoms with Gasteiger partial charge in [-0.25, -0.2) is 4.39 Å². The molecule has 4 aromatic carbocycles. The third kappa shape index (κ3) is 10.7. The predicted molar refractivity (Wildman–Crippen MR) is 215 cm³/mol. The summed E-state index contributed by atoms with van der Waals surface area (Å²) in [5.41, 5.74) is 3.48. The van der Waals surface area contributed by atoms with E-state index in [4.69, 9.17) is 11.6 Å². The molecule has 2 heterocycles. The van der Waals surface area contributed by atoms with Gasteiger partial charge in [-0.15, -0.1) is 10.2 Å². The van der Waals surface area contributed by atoms with Crippen LogP contribution in [0.4, 0.5) is 4.39 Å². The van der Waals surface area contributed by atoms with Crippen molar-refractivity contribution in [1.29, 1.82) is 0 Å². The number of tetrazole rings is 2. The first-order valence-electron chi connectivity index (χ1n) is 18.0. The Morgan fingerprint density at radius 2 is 1.09 bits per heavy atom. The number of halogens is 2. The molecule has 0 aliphatic carbocycles. The number of carbonyl (C=O) groups is 2. The van der Waals surface area contributed by atoms with E-state index in [0.29, 0.717) is 44.7 Å². The number of benzene rings is 4. The number of hydrogen-bond donors (Lipinski definition) is 4. The standard InChI is InChI=1S/C22H26ClN5O2.C19H20FN5O2/c1-21(2,3)20-25-26-27-28(20)18-11-15(14-6-8-17(23)9-7-14)10-16(12-18)19(30)24-22(4,5)13-29;1-12-22-23-24-25(12)17-9-14(13-4-6-16(20)7-5-13)8-15(10-17)18(27)21-19(2,3)11-26/h6-12,29H,13H2,1-5H3,(H,24,30);4-10,26H,11H2,1-3H3,(H,21,27). The second-order valence-corrected chi connectivity index (χ2v) is 16.3. The molecule has 298 valence electrons. The highest BCUT2D eigenvalue weighted by molar-refractivity contribution is 6.30. The van der Waals surface area contributed by atoms with Crippen LogP contribution >= 0.6 is 11.6 Å². The van der Waals surface area contributed by atoms with Crippen LogP contribution in [0.5, 0.6) is 0 Å². The fourth-order valence-corrected chi connectivity index (χ4v) is 5.61. The van der Waals surface area contributed by atoms with Gasteiger partial charge in [0.05, 0.1) is 35.7 Å². The van der Waals surface area contributed by atoms with Crippen molar-refractivity contribution in [3.8, 4) is 33.6 Å². The SMILES string of the molecule is CC(C)(CO)NC(=O)c1cc(-c2ccc(Cl)cc2)cc(-n2nnnc2C(C)(C)C)c1.Cc1nnnn1-c1cc(C(=O)NC(C)(C)CO)cc(-c2ccc(F)cc2)c1. The van der Waals surface area contributed by atoms with Gasteiger partial charge in [-0.1, -0.05) is 56.6 Å². The van der Waals surface area contributed by atoms with E-state index in [-0.39, 0.29) is 36.3 Å². The van der Waals surface area contributed by atoms with Crippen LogP contribution in [0.25, 0.3) is 33.6 Å². The minimum atomic E-state index is -0.770. The molecule has 0 atom stereocenters. The predicted octanol–water partition coefficient (Wildman–Crippen LogP) is 6.06. The fourth-order valence-electron chi connectivity index (χ4n) is 5.48. The highest BCUT2D eigenvalue weighted by atomic mass is 35.5. The van der Waals surface area contributed by atoms with Crippen molar-refractivity contribution >= 4 is 23.4 Å². The molecular weight excluding hydrogens is 751 g/mol. The average Bonchev–Trinajstić information content (AvgIpc) is 3.85. The molecule has 14 nitrogen and oxygen atoms in total. The van der Waals surface area contributed by atoms with Crippen LogP contribution in [-0.4, -0.2) is 86.7 Å². The summed E-state index contributed by atoms with van der Waals surface area (Å²) in [5.74, 6) is 0.265. The van der Waals surface area contributed by atoms with Gasteiger partial charge in [0.2, 0.25) is 0 Å². The fraction of sp³-hybridized carbons (Fsp3) is 0.317. The molecular formula is C41H46ClFN10O4. The number of carbonyl (C=O) groups excluding carboxylic acids is 2.